The van der Waals surface area contributed by atoms with Crippen LogP contribution in [0.4, 0.5) is 0 Å². The van der Waals surface area contributed by atoms with Crippen LogP contribution in [0.2, 0.25) is 0 Å². The van der Waals surface area contributed by atoms with E-state index in [4.69, 9.17) is 0 Å². The summed E-state index contributed by atoms with van der Waals surface area (Å²) in [6.07, 6.45) is 8.40. The molecule has 1 fully saturated rings. The number of benzene rings is 1. The van der Waals surface area contributed by atoms with Gasteiger partial charge in [-0.05, 0) is 62.3 Å². The van der Waals surface area contributed by atoms with Crippen molar-refractivity contribution in [2.45, 2.75) is 51.6 Å². The van der Waals surface area contributed by atoms with Crippen molar-refractivity contribution in [1.82, 2.24) is 0 Å². The number of hydrogen-bond donors (Lipinski definition) is 1. The summed E-state index contributed by atoms with van der Waals surface area (Å²) in [5.74, 6) is 0.571. The second kappa shape index (κ2) is 5.81. The largest absolute Gasteiger partial charge is 0.393 e. The van der Waals surface area contributed by atoms with Gasteiger partial charge in [-0.15, -0.1) is 0 Å². The van der Waals surface area contributed by atoms with Crippen molar-refractivity contribution < 1.29 is 5.11 Å². The molecule has 0 saturated heterocycles. The molecule has 0 spiro atoms. The van der Waals surface area contributed by atoms with E-state index < -0.39 is 0 Å². The summed E-state index contributed by atoms with van der Waals surface area (Å²) in [6, 6.07) is 10.7. The average Bonchev–Trinajstić information content (AvgIpc) is 2.58. The highest BCUT2D eigenvalue weighted by molar-refractivity contribution is 5.25. The molecule has 0 amide bonds. The zero-order valence-electron chi connectivity index (χ0n) is 13.0. The molecular weight excluding hydrogens is 256 g/mol. The van der Waals surface area contributed by atoms with Crippen molar-refractivity contribution in [1.29, 1.82) is 0 Å². The molecule has 0 aliphatic heterocycles. The van der Waals surface area contributed by atoms with E-state index in [2.05, 4.69) is 49.9 Å². The number of fused-ring (bicyclic) bond motifs is 2. The summed E-state index contributed by atoms with van der Waals surface area (Å²) < 4.78 is 0. The van der Waals surface area contributed by atoms with E-state index in [0.29, 0.717) is 5.92 Å². The number of allylic oxidation sites excluding steroid dienone is 2. The summed E-state index contributed by atoms with van der Waals surface area (Å²) in [7, 11) is 0. The van der Waals surface area contributed by atoms with Crippen molar-refractivity contribution in [2.24, 2.45) is 11.3 Å². The van der Waals surface area contributed by atoms with Crippen molar-refractivity contribution >= 4 is 0 Å². The highest BCUT2D eigenvalue weighted by atomic mass is 16.3. The minimum atomic E-state index is -0.222. The quantitative estimate of drug-likeness (QED) is 0.799. The van der Waals surface area contributed by atoms with Crippen LogP contribution in [0.3, 0.4) is 0 Å². The van der Waals surface area contributed by atoms with Gasteiger partial charge >= 0.3 is 0 Å². The summed E-state index contributed by atoms with van der Waals surface area (Å²) in [4.78, 5) is 0. The zero-order chi connectivity index (χ0) is 14.9. The Labute approximate surface area is 128 Å². The van der Waals surface area contributed by atoms with E-state index in [0.717, 1.165) is 32.1 Å². The van der Waals surface area contributed by atoms with Crippen LogP contribution >= 0.6 is 0 Å². The fraction of sp³-hybridized carbons (Fsp3) is 0.500. The Hall–Kier alpha value is -1.34. The van der Waals surface area contributed by atoms with Gasteiger partial charge in [0.25, 0.3) is 0 Å². The first-order valence-electron chi connectivity index (χ1n) is 8.16. The first-order chi connectivity index (χ1) is 10.1. The molecule has 112 valence electrons. The molecule has 1 N–H and O–H groups in total. The highest BCUT2D eigenvalue weighted by Crippen LogP contribution is 2.51. The molecule has 0 unspecified atom stereocenters. The number of aliphatic hydroxyl groups is 1. The maximum atomic E-state index is 10.4. The van der Waals surface area contributed by atoms with Gasteiger partial charge in [-0.25, -0.2) is 0 Å². The highest BCUT2D eigenvalue weighted by Gasteiger charge is 2.41. The predicted octanol–water partition coefficient (Wildman–Crippen LogP) is 4.67. The van der Waals surface area contributed by atoms with Crippen LogP contribution in [0.5, 0.6) is 0 Å². The lowest BCUT2D eigenvalue weighted by molar-refractivity contribution is 0.111. The Balaban J connectivity index is 1.83. The van der Waals surface area contributed by atoms with E-state index in [1.54, 1.807) is 0 Å². The predicted molar refractivity (Wildman–Crippen MR) is 88.1 cm³/mol. The monoisotopic (exact) mass is 282 g/mol. The van der Waals surface area contributed by atoms with E-state index in [1.807, 2.05) is 0 Å². The molecule has 3 atom stereocenters. The molecule has 1 aromatic rings. The third-order valence-corrected chi connectivity index (χ3v) is 5.62. The topological polar surface area (TPSA) is 20.2 Å². The van der Waals surface area contributed by atoms with Gasteiger partial charge in [0.2, 0.25) is 0 Å². The van der Waals surface area contributed by atoms with Gasteiger partial charge in [-0.1, -0.05) is 54.1 Å². The molecule has 1 nitrogen and oxygen atoms in total. The molecule has 1 aromatic carbocycles. The van der Waals surface area contributed by atoms with E-state index in [9.17, 15) is 5.11 Å². The minimum absolute atomic E-state index is 0.178. The normalized spacial score (nSPS) is 32.5. The molecule has 0 heterocycles. The molecular formula is C20H26O. The Morgan fingerprint density at radius 2 is 2.00 bits per heavy atom. The third-order valence-electron chi connectivity index (χ3n) is 5.62. The smallest absolute Gasteiger partial charge is 0.0585 e. The second-order valence-electron chi connectivity index (χ2n) is 7.01. The van der Waals surface area contributed by atoms with Crippen LogP contribution in [-0.2, 0) is 6.42 Å². The van der Waals surface area contributed by atoms with Gasteiger partial charge in [-0.2, -0.15) is 0 Å². The Morgan fingerprint density at radius 1 is 1.24 bits per heavy atom. The van der Waals surface area contributed by atoms with Crippen molar-refractivity contribution in [2.75, 3.05) is 0 Å². The fourth-order valence-electron chi connectivity index (χ4n) is 4.23. The average molecular weight is 282 g/mol. The fourth-order valence-corrected chi connectivity index (χ4v) is 4.23. The van der Waals surface area contributed by atoms with Gasteiger partial charge in [-0.3, -0.25) is 0 Å². The van der Waals surface area contributed by atoms with Crippen molar-refractivity contribution in [3.63, 3.8) is 0 Å². The lowest BCUT2D eigenvalue weighted by Crippen LogP contribution is -2.30. The standard InChI is InChI=1S/C20H26O/c1-15-12-19(21)14-20(13-18(15)9-8-16(20)2)11-10-17-6-4-3-5-7-17/h3-8,18-19,21H,1,9-14H2,2H3/t18-,19+,20+/m1/s1. The Morgan fingerprint density at radius 3 is 2.76 bits per heavy atom. The van der Waals surface area contributed by atoms with Crippen LogP contribution < -0.4 is 0 Å². The molecule has 2 bridgehead atoms. The van der Waals surface area contributed by atoms with Crippen LogP contribution in [0.25, 0.3) is 0 Å². The van der Waals surface area contributed by atoms with Crippen molar-refractivity contribution in [3.8, 4) is 0 Å². The molecule has 0 radical (unpaired) electrons. The molecule has 2 aliphatic rings. The van der Waals surface area contributed by atoms with Crippen LogP contribution in [0.1, 0.15) is 44.6 Å². The van der Waals surface area contributed by atoms with Crippen LogP contribution in [-0.4, -0.2) is 11.2 Å². The number of hydrogen-bond acceptors (Lipinski definition) is 1. The molecule has 1 saturated carbocycles. The molecule has 1 heteroatoms. The first-order valence-corrected chi connectivity index (χ1v) is 8.16. The minimum Gasteiger partial charge on any atom is -0.393 e. The second-order valence-corrected chi connectivity index (χ2v) is 7.01. The number of aliphatic hydroxyl groups excluding tert-OH is 1. The van der Waals surface area contributed by atoms with E-state index >= 15 is 0 Å². The maximum absolute atomic E-state index is 10.4. The molecule has 21 heavy (non-hydrogen) atoms. The Bertz CT molecular complexity index is 542. The van der Waals surface area contributed by atoms with Crippen molar-refractivity contribution in [3.05, 3.63) is 59.7 Å². The first kappa shape index (κ1) is 14.6. The van der Waals surface area contributed by atoms with E-state index in [-0.39, 0.29) is 11.5 Å². The van der Waals surface area contributed by atoms with Gasteiger partial charge in [0.15, 0.2) is 0 Å². The number of rotatable bonds is 3. The SMILES string of the molecule is C=C1C[C@H](O)C[C@]2(CCc3ccccc3)C[C@H]1CC=C2C. The lowest BCUT2D eigenvalue weighted by atomic mass is 9.64. The Kier molecular flexibility index (Phi) is 4.03. The van der Waals surface area contributed by atoms with Gasteiger partial charge in [0, 0.05) is 0 Å². The summed E-state index contributed by atoms with van der Waals surface area (Å²) in [5, 5.41) is 10.4. The third kappa shape index (κ3) is 2.98. The van der Waals surface area contributed by atoms with Gasteiger partial charge in [0.05, 0.1) is 6.10 Å². The molecule has 3 rings (SSSR count). The molecule has 0 aromatic heterocycles. The maximum Gasteiger partial charge on any atom is 0.0585 e. The zero-order valence-corrected chi connectivity index (χ0v) is 13.0. The van der Waals surface area contributed by atoms with E-state index in [1.165, 1.54) is 23.1 Å². The number of aryl methyl sites for hydroxylation is 1. The van der Waals surface area contributed by atoms with Crippen LogP contribution in [0.15, 0.2) is 54.1 Å². The van der Waals surface area contributed by atoms with Crippen LogP contribution in [0, 0.1) is 11.3 Å². The lowest BCUT2D eigenvalue weighted by Gasteiger charge is -2.40. The summed E-state index contributed by atoms with van der Waals surface area (Å²) in [5.41, 5.74) is 4.33. The summed E-state index contributed by atoms with van der Waals surface area (Å²) in [6.45, 7) is 6.50. The summed E-state index contributed by atoms with van der Waals surface area (Å²) >= 11 is 0. The van der Waals surface area contributed by atoms with Gasteiger partial charge < -0.3 is 5.11 Å². The molecule has 2 aliphatic carbocycles. The van der Waals surface area contributed by atoms with Gasteiger partial charge in [0.1, 0.15) is 0 Å².